The van der Waals surface area contributed by atoms with Crippen molar-refractivity contribution in [2.75, 3.05) is 5.32 Å². The lowest BCUT2D eigenvalue weighted by Crippen LogP contribution is -2.42. The summed E-state index contributed by atoms with van der Waals surface area (Å²) < 4.78 is 10.9. The number of rotatable bonds is 4. The van der Waals surface area contributed by atoms with E-state index in [4.69, 9.17) is 9.47 Å². The molecule has 7 nitrogen and oxygen atoms in total. The highest BCUT2D eigenvalue weighted by molar-refractivity contribution is 9.10. The number of nitrogens with one attached hydrogen (secondary N) is 1. The van der Waals surface area contributed by atoms with E-state index in [0.29, 0.717) is 10.8 Å². The molecular formula is C17H14BrN3O4S. The van der Waals surface area contributed by atoms with Crippen molar-refractivity contribution in [3.8, 4) is 0 Å². The molecule has 1 saturated heterocycles. The molecule has 1 aliphatic rings. The first-order valence-corrected chi connectivity index (χ1v) is 9.13. The van der Waals surface area contributed by atoms with E-state index in [1.165, 1.54) is 31.8 Å². The molecule has 3 rings (SSSR count). The van der Waals surface area contributed by atoms with Gasteiger partial charge in [0, 0.05) is 37.3 Å². The molecule has 1 aliphatic heterocycles. The van der Waals surface area contributed by atoms with Crippen molar-refractivity contribution in [3.05, 3.63) is 52.9 Å². The second-order valence-electron chi connectivity index (χ2n) is 5.66. The van der Waals surface area contributed by atoms with Crippen molar-refractivity contribution in [1.29, 1.82) is 0 Å². The summed E-state index contributed by atoms with van der Waals surface area (Å²) in [5.41, 5.74) is 0.478. The quantitative estimate of drug-likeness (QED) is 0.337. The molecule has 9 heteroatoms. The number of anilines is 1. The van der Waals surface area contributed by atoms with E-state index in [-0.39, 0.29) is 5.57 Å². The average molecular weight is 436 g/mol. The molecule has 0 spiro atoms. The number of esters is 2. The van der Waals surface area contributed by atoms with Crippen LogP contribution in [0.15, 0.2) is 63.0 Å². The van der Waals surface area contributed by atoms with Crippen molar-refractivity contribution in [1.82, 2.24) is 9.97 Å². The van der Waals surface area contributed by atoms with Gasteiger partial charge in [0.1, 0.15) is 0 Å². The molecule has 0 unspecified atom stereocenters. The molecule has 1 aromatic heterocycles. The van der Waals surface area contributed by atoms with Gasteiger partial charge in [-0.3, -0.25) is 0 Å². The van der Waals surface area contributed by atoms with Gasteiger partial charge in [0.25, 0.3) is 5.79 Å². The minimum absolute atomic E-state index is 0.205. The zero-order chi connectivity index (χ0) is 18.7. The predicted octanol–water partition coefficient (Wildman–Crippen LogP) is 3.52. The summed E-state index contributed by atoms with van der Waals surface area (Å²) in [4.78, 5) is 33.2. The number of benzene rings is 1. The van der Waals surface area contributed by atoms with Gasteiger partial charge in [-0.25, -0.2) is 19.6 Å². The van der Waals surface area contributed by atoms with Crippen LogP contribution in [-0.4, -0.2) is 27.7 Å². The molecule has 1 N–H and O–H groups in total. The number of cyclic esters (lactones) is 2. The zero-order valence-electron chi connectivity index (χ0n) is 13.9. The van der Waals surface area contributed by atoms with Crippen LogP contribution in [0.5, 0.6) is 0 Å². The number of aromatic nitrogens is 2. The predicted molar refractivity (Wildman–Crippen MR) is 98.3 cm³/mol. The molecule has 1 aromatic carbocycles. The van der Waals surface area contributed by atoms with Crippen LogP contribution in [0, 0.1) is 0 Å². The number of carbonyl (C=O) groups is 2. The summed E-state index contributed by atoms with van der Waals surface area (Å²) in [7, 11) is 0. The van der Waals surface area contributed by atoms with Gasteiger partial charge in [-0.15, -0.1) is 0 Å². The molecule has 0 amide bonds. The average Bonchev–Trinajstić information content (AvgIpc) is 2.56. The third kappa shape index (κ3) is 4.41. The Labute approximate surface area is 162 Å². The SMILES string of the molecule is CC1(C)OC(=O)C(=CNc2ccccc2Sc2ncc(Br)cn2)C(=O)O1. The van der Waals surface area contributed by atoms with Crippen LogP contribution in [0.2, 0.25) is 0 Å². The number of para-hydroxylation sites is 1. The van der Waals surface area contributed by atoms with Gasteiger partial charge in [0.2, 0.25) is 0 Å². The lowest BCUT2D eigenvalue weighted by atomic mass is 10.2. The van der Waals surface area contributed by atoms with Crippen molar-refractivity contribution in [3.63, 3.8) is 0 Å². The summed E-state index contributed by atoms with van der Waals surface area (Å²) in [6, 6.07) is 7.37. The van der Waals surface area contributed by atoms with E-state index in [1.807, 2.05) is 24.3 Å². The van der Waals surface area contributed by atoms with E-state index < -0.39 is 17.7 Å². The van der Waals surface area contributed by atoms with Gasteiger partial charge in [0.15, 0.2) is 10.7 Å². The highest BCUT2D eigenvalue weighted by Crippen LogP contribution is 2.32. The molecule has 0 atom stereocenters. The highest BCUT2D eigenvalue weighted by atomic mass is 79.9. The molecule has 134 valence electrons. The van der Waals surface area contributed by atoms with Gasteiger partial charge < -0.3 is 14.8 Å². The molecule has 0 saturated carbocycles. The molecular weight excluding hydrogens is 422 g/mol. The summed E-state index contributed by atoms with van der Waals surface area (Å²) in [6.45, 7) is 2.99. The number of carbonyl (C=O) groups excluding carboxylic acids is 2. The number of halogens is 1. The van der Waals surface area contributed by atoms with Crippen molar-refractivity contribution in [2.45, 2.75) is 29.7 Å². The second kappa shape index (κ2) is 7.46. The van der Waals surface area contributed by atoms with Crippen LogP contribution < -0.4 is 5.32 Å². The Hall–Kier alpha value is -2.39. The fourth-order valence-corrected chi connectivity index (χ4v) is 3.05. The van der Waals surface area contributed by atoms with Crippen LogP contribution in [-0.2, 0) is 19.1 Å². The highest BCUT2D eigenvalue weighted by Gasteiger charge is 2.38. The first-order valence-electron chi connectivity index (χ1n) is 7.52. The molecule has 0 aliphatic carbocycles. The van der Waals surface area contributed by atoms with Crippen molar-refractivity contribution >= 4 is 45.3 Å². The zero-order valence-corrected chi connectivity index (χ0v) is 16.3. The van der Waals surface area contributed by atoms with Crippen molar-refractivity contribution in [2.24, 2.45) is 0 Å². The number of ether oxygens (including phenoxy) is 2. The van der Waals surface area contributed by atoms with Crippen LogP contribution in [0.4, 0.5) is 5.69 Å². The van der Waals surface area contributed by atoms with Gasteiger partial charge in [0.05, 0.1) is 10.2 Å². The van der Waals surface area contributed by atoms with Crippen LogP contribution in [0.3, 0.4) is 0 Å². The maximum Gasteiger partial charge on any atom is 0.350 e. The van der Waals surface area contributed by atoms with Crippen molar-refractivity contribution < 1.29 is 19.1 Å². The standard InChI is InChI=1S/C17H14BrN3O4S/c1-17(2)24-14(22)11(15(23)25-17)9-19-12-5-3-4-6-13(12)26-16-20-7-10(18)8-21-16/h3-9,19H,1-2H3. The Balaban J connectivity index is 1.79. The van der Waals surface area contributed by atoms with Gasteiger partial charge in [-0.05, 0) is 39.8 Å². The Kier molecular flexibility index (Phi) is 5.28. The Morgan fingerprint density at radius 3 is 2.38 bits per heavy atom. The summed E-state index contributed by atoms with van der Waals surface area (Å²) in [6.07, 6.45) is 4.59. The molecule has 26 heavy (non-hydrogen) atoms. The number of hydrogen-bond donors (Lipinski definition) is 1. The normalized spacial score (nSPS) is 15.9. The topological polar surface area (TPSA) is 90.4 Å². The minimum Gasteiger partial charge on any atom is -0.419 e. The Morgan fingerprint density at radius 1 is 1.12 bits per heavy atom. The van der Waals surface area contributed by atoms with E-state index in [9.17, 15) is 9.59 Å². The van der Waals surface area contributed by atoms with E-state index in [1.54, 1.807) is 12.4 Å². The molecule has 2 aromatic rings. The van der Waals surface area contributed by atoms with E-state index in [2.05, 4.69) is 31.2 Å². The van der Waals surface area contributed by atoms with Crippen LogP contribution >= 0.6 is 27.7 Å². The Bertz CT molecular complexity index is 862. The van der Waals surface area contributed by atoms with Crippen LogP contribution in [0.25, 0.3) is 0 Å². The van der Waals surface area contributed by atoms with E-state index >= 15 is 0 Å². The summed E-state index contributed by atoms with van der Waals surface area (Å²) in [5, 5.41) is 3.52. The fraction of sp³-hybridized carbons (Fsp3) is 0.176. The van der Waals surface area contributed by atoms with E-state index in [0.717, 1.165) is 9.37 Å². The first kappa shape index (κ1) is 18.4. The second-order valence-corrected chi connectivity index (χ2v) is 7.59. The molecule has 2 heterocycles. The largest absolute Gasteiger partial charge is 0.419 e. The lowest BCUT2D eigenvalue weighted by molar-refractivity contribution is -0.222. The van der Waals surface area contributed by atoms with Gasteiger partial charge in [-0.1, -0.05) is 12.1 Å². The van der Waals surface area contributed by atoms with Gasteiger partial charge in [-0.2, -0.15) is 0 Å². The number of nitrogens with zero attached hydrogens (tertiary/aromatic N) is 2. The fourth-order valence-electron chi connectivity index (χ4n) is 2.05. The minimum atomic E-state index is -1.27. The summed E-state index contributed by atoms with van der Waals surface area (Å²) >= 11 is 4.64. The third-order valence-electron chi connectivity index (χ3n) is 3.17. The smallest absolute Gasteiger partial charge is 0.350 e. The third-order valence-corrected chi connectivity index (χ3v) is 4.55. The van der Waals surface area contributed by atoms with Crippen LogP contribution in [0.1, 0.15) is 13.8 Å². The monoisotopic (exact) mass is 435 g/mol. The molecule has 0 radical (unpaired) electrons. The number of hydrogen-bond acceptors (Lipinski definition) is 8. The first-order chi connectivity index (χ1) is 12.3. The maximum atomic E-state index is 12.0. The Morgan fingerprint density at radius 2 is 1.73 bits per heavy atom. The molecule has 0 bridgehead atoms. The van der Waals surface area contributed by atoms with Gasteiger partial charge >= 0.3 is 11.9 Å². The summed E-state index contributed by atoms with van der Waals surface area (Å²) in [5.74, 6) is -2.74. The maximum absolute atomic E-state index is 12.0. The lowest BCUT2D eigenvalue weighted by Gasteiger charge is -2.29. The molecule has 1 fully saturated rings.